The average molecular weight is 387 g/mol. The molecule has 1 saturated heterocycles. The van der Waals surface area contributed by atoms with Crippen molar-refractivity contribution >= 4 is 15.9 Å². The molecule has 0 radical (unpaired) electrons. The number of nitrogens with zero attached hydrogens (tertiary/aromatic N) is 2. The zero-order chi connectivity index (χ0) is 19.6. The minimum absolute atomic E-state index is 0.0357. The monoisotopic (exact) mass is 386 g/mol. The van der Waals surface area contributed by atoms with Crippen molar-refractivity contribution < 1.29 is 13.2 Å². The number of carbonyl (C=O) groups is 1. The van der Waals surface area contributed by atoms with Crippen LogP contribution in [-0.2, 0) is 10.0 Å². The first-order valence-electron chi connectivity index (χ1n) is 9.25. The van der Waals surface area contributed by atoms with E-state index in [0.29, 0.717) is 42.6 Å². The SMILES string of the molecule is Cc1ccccc1C(=O)N1CCN(S(=O)(=O)c2ccc(C(C)C)cc2)CC1. The van der Waals surface area contributed by atoms with Gasteiger partial charge >= 0.3 is 0 Å². The van der Waals surface area contributed by atoms with E-state index in [-0.39, 0.29) is 5.91 Å². The summed E-state index contributed by atoms with van der Waals surface area (Å²) in [7, 11) is -3.53. The highest BCUT2D eigenvalue weighted by atomic mass is 32.2. The number of carbonyl (C=O) groups excluding carboxylic acids is 1. The molecule has 3 rings (SSSR count). The fraction of sp³-hybridized carbons (Fsp3) is 0.381. The highest BCUT2D eigenvalue weighted by Gasteiger charge is 2.30. The van der Waals surface area contributed by atoms with Gasteiger partial charge in [-0.15, -0.1) is 0 Å². The normalized spacial score (nSPS) is 15.9. The Kier molecular flexibility index (Phi) is 5.67. The summed E-state index contributed by atoms with van der Waals surface area (Å²) >= 11 is 0. The molecule has 1 fully saturated rings. The van der Waals surface area contributed by atoms with Crippen LogP contribution in [0.25, 0.3) is 0 Å². The fourth-order valence-electron chi connectivity index (χ4n) is 3.29. The standard InChI is InChI=1S/C21H26N2O3S/c1-16(2)18-8-10-19(11-9-18)27(25,26)23-14-12-22(13-15-23)21(24)20-7-5-4-6-17(20)3/h4-11,16H,12-15H2,1-3H3. The van der Waals surface area contributed by atoms with Gasteiger partial charge in [0.05, 0.1) is 4.90 Å². The Bertz CT molecular complexity index is 913. The van der Waals surface area contributed by atoms with E-state index in [0.717, 1.165) is 11.1 Å². The van der Waals surface area contributed by atoms with Crippen molar-refractivity contribution in [2.45, 2.75) is 31.6 Å². The second-order valence-corrected chi connectivity index (χ2v) is 9.17. The van der Waals surface area contributed by atoms with Crippen molar-refractivity contribution in [1.29, 1.82) is 0 Å². The van der Waals surface area contributed by atoms with Crippen LogP contribution in [-0.4, -0.2) is 49.7 Å². The first kappa shape index (κ1) is 19.6. The Morgan fingerprint density at radius 2 is 1.52 bits per heavy atom. The molecule has 0 aromatic heterocycles. The molecule has 0 N–H and O–H groups in total. The lowest BCUT2D eigenvalue weighted by Crippen LogP contribution is -2.50. The van der Waals surface area contributed by atoms with Crippen LogP contribution in [0.3, 0.4) is 0 Å². The van der Waals surface area contributed by atoms with Gasteiger partial charge in [0.25, 0.3) is 5.91 Å². The van der Waals surface area contributed by atoms with Gasteiger partial charge in [0.15, 0.2) is 0 Å². The van der Waals surface area contributed by atoms with Crippen LogP contribution in [0.4, 0.5) is 0 Å². The van der Waals surface area contributed by atoms with Gasteiger partial charge in [-0.1, -0.05) is 44.2 Å². The van der Waals surface area contributed by atoms with E-state index in [9.17, 15) is 13.2 Å². The predicted molar refractivity (Wildman–Crippen MR) is 106 cm³/mol. The van der Waals surface area contributed by atoms with Crippen LogP contribution in [0.2, 0.25) is 0 Å². The predicted octanol–water partition coefficient (Wildman–Crippen LogP) is 3.27. The molecule has 5 nitrogen and oxygen atoms in total. The molecule has 0 spiro atoms. The van der Waals surface area contributed by atoms with E-state index in [1.807, 2.05) is 43.3 Å². The third-order valence-corrected chi connectivity index (χ3v) is 7.00. The number of sulfonamides is 1. The maximum absolute atomic E-state index is 12.9. The lowest BCUT2D eigenvalue weighted by molar-refractivity contribution is 0.0697. The third-order valence-electron chi connectivity index (χ3n) is 5.09. The average Bonchev–Trinajstić information content (AvgIpc) is 2.68. The maximum atomic E-state index is 12.9. The number of rotatable bonds is 4. The van der Waals surface area contributed by atoms with E-state index >= 15 is 0 Å². The van der Waals surface area contributed by atoms with Crippen LogP contribution in [0.5, 0.6) is 0 Å². The minimum Gasteiger partial charge on any atom is -0.336 e. The molecular weight excluding hydrogens is 360 g/mol. The number of aryl methyl sites for hydroxylation is 1. The van der Waals surface area contributed by atoms with Crippen LogP contribution >= 0.6 is 0 Å². The molecule has 1 amide bonds. The Morgan fingerprint density at radius 1 is 0.926 bits per heavy atom. The Hall–Kier alpha value is -2.18. The molecular formula is C21H26N2O3S. The number of benzene rings is 2. The molecule has 0 atom stereocenters. The molecule has 144 valence electrons. The summed E-state index contributed by atoms with van der Waals surface area (Å²) in [6, 6.07) is 14.6. The Balaban J connectivity index is 1.69. The Morgan fingerprint density at radius 3 is 2.07 bits per heavy atom. The van der Waals surface area contributed by atoms with Crippen LogP contribution in [0.1, 0.15) is 41.3 Å². The summed E-state index contributed by atoms with van der Waals surface area (Å²) in [4.78, 5) is 14.7. The van der Waals surface area contributed by atoms with Crippen LogP contribution in [0.15, 0.2) is 53.4 Å². The number of hydrogen-bond acceptors (Lipinski definition) is 3. The second-order valence-electron chi connectivity index (χ2n) is 7.23. The van der Waals surface area contributed by atoms with Gasteiger partial charge in [-0.3, -0.25) is 4.79 Å². The zero-order valence-electron chi connectivity index (χ0n) is 16.1. The summed E-state index contributed by atoms with van der Waals surface area (Å²) in [6.45, 7) is 7.49. The number of amides is 1. The van der Waals surface area contributed by atoms with Gasteiger partial charge in [0.2, 0.25) is 10.0 Å². The van der Waals surface area contributed by atoms with Crippen LogP contribution in [0, 0.1) is 6.92 Å². The highest BCUT2D eigenvalue weighted by Crippen LogP contribution is 2.22. The topological polar surface area (TPSA) is 57.7 Å². The molecule has 1 aliphatic heterocycles. The van der Waals surface area contributed by atoms with E-state index in [1.165, 1.54) is 4.31 Å². The van der Waals surface area contributed by atoms with Crippen molar-refractivity contribution in [2.75, 3.05) is 26.2 Å². The Labute approximate surface area is 161 Å². The van der Waals surface area contributed by atoms with Gasteiger partial charge in [-0.2, -0.15) is 4.31 Å². The fourth-order valence-corrected chi connectivity index (χ4v) is 4.71. The largest absolute Gasteiger partial charge is 0.336 e. The molecule has 0 saturated carbocycles. The van der Waals surface area contributed by atoms with E-state index in [4.69, 9.17) is 0 Å². The van der Waals surface area contributed by atoms with Gasteiger partial charge in [0.1, 0.15) is 0 Å². The van der Waals surface area contributed by atoms with E-state index in [2.05, 4.69) is 13.8 Å². The summed E-state index contributed by atoms with van der Waals surface area (Å²) in [6.07, 6.45) is 0. The zero-order valence-corrected chi connectivity index (χ0v) is 16.9. The summed E-state index contributed by atoms with van der Waals surface area (Å²) in [5.74, 6) is 0.323. The van der Waals surface area contributed by atoms with Gasteiger partial charge in [0, 0.05) is 31.7 Å². The summed E-state index contributed by atoms with van der Waals surface area (Å²) < 4.78 is 27.3. The van der Waals surface area contributed by atoms with E-state index < -0.39 is 10.0 Å². The molecule has 27 heavy (non-hydrogen) atoms. The van der Waals surface area contributed by atoms with Gasteiger partial charge < -0.3 is 4.90 Å². The summed E-state index contributed by atoms with van der Waals surface area (Å²) in [5, 5.41) is 0. The maximum Gasteiger partial charge on any atom is 0.254 e. The van der Waals surface area contributed by atoms with Crippen molar-refractivity contribution in [3.8, 4) is 0 Å². The quantitative estimate of drug-likeness (QED) is 0.810. The van der Waals surface area contributed by atoms with Crippen molar-refractivity contribution in [2.24, 2.45) is 0 Å². The first-order valence-corrected chi connectivity index (χ1v) is 10.7. The van der Waals surface area contributed by atoms with Gasteiger partial charge in [-0.25, -0.2) is 8.42 Å². The molecule has 0 unspecified atom stereocenters. The van der Waals surface area contributed by atoms with E-state index in [1.54, 1.807) is 17.0 Å². The van der Waals surface area contributed by atoms with Crippen LogP contribution < -0.4 is 0 Å². The molecule has 1 aliphatic rings. The van der Waals surface area contributed by atoms with Crippen molar-refractivity contribution in [3.05, 3.63) is 65.2 Å². The number of piperazine rings is 1. The molecule has 0 aliphatic carbocycles. The molecule has 0 bridgehead atoms. The molecule has 6 heteroatoms. The van der Waals surface area contributed by atoms with Gasteiger partial charge in [-0.05, 0) is 42.2 Å². The number of hydrogen-bond donors (Lipinski definition) is 0. The molecule has 1 heterocycles. The smallest absolute Gasteiger partial charge is 0.254 e. The lowest BCUT2D eigenvalue weighted by Gasteiger charge is -2.34. The highest BCUT2D eigenvalue weighted by molar-refractivity contribution is 7.89. The first-order chi connectivity index (χ1) is 12.8. The lowest BCUT2D eigenvalue weighted by atomic mass is 10.0. The third kappa shape index (κ3) is 4.06. The van der Waals surface area contributed by atoms with Crippen molar-refractivity contribution in [1.82, 2.24) is 9.21 Å². The molecule has 2 aromatic rings. The molecule has 2 aromatic carbocycles. The second kappa shape index (κ2) is 7.82. The summed E-state index contributed by atoms with van der Waals surface area (Å²) in [5.41, 5.74) is 2.73. The van der Waals surface area contributed by atoms with Crippen molar-refractivity contribution in [3.63, 3.8) is 0 Å². The minimum atomic E-state index is -3.53.